The number of nitrogens with one attached hydrogen (secondary N) is 1. The molecule has 0 aliphatic carbocycles. The van der Waals surface area contributed by atoms with Crippen molar-refractivity contribution < 1.29 is 9.32 Å². The Balaban J connectivity index is 1.36. The molecule has 3 aromatic heterocycles. The highest BCUT2D eigenvalue weighted by molar-refractivity contribution is 6.06. The van der Waals surface area contributed by atoms with Gasteiger partial charge < -0.3 is 14.4 Å². The van der Waals surface area contributed by atoms with E-state index in [1.165, 1.54) is 5.56 Å². The average Bonchev–Trinajstić information content (AvgIpc) is 3.48. The molecule has 5 rings (SSSR count). The van der Waals surface area contributed by atoms with Gasteiger partial charge in [0.05, 0.1) is 28.7 Å². The number of pyridine rings is 1. The molecule has 0 bridgehead atoms. The van der Waals surface area contributed by atoms with Crippen LogP contribution in [0.5, 0.6) is 0 Å². The lowest BCUT2D eigenvalue weighted by molar-refractivity contribution is 0.0952. The fraction of sp³-hybridized carbons (Fsp3) is 0.120. The Morgan fingerprint density at radius 3 is 2.59 bits per heavy atom. The SMILES string of the molecule is Cc1noc2nc(-c3ccccc3)cc(C(=O)NCc3ccc(Cn4ccnc4)cc3)c12. The molecule has 32 heavy (non-hydrogen) atoms. The Bertz CT molecular complexity index is 1360. The fourth-order valence-corrected chi connectivity index (χ4v) is 3.66. The van der Waals surface area contributed by atoms with E-state index in [9.17, 15) is 4.79 Å². The normalized spacial score (nSPS) is 11.0. The number of hydrogen-bond donors (Lipinski definition) is 1. The van der Waals surface area contributed by atoms with Gasteiger partial charge >= 0.3 is 0 Å². The molecule has 5 aromatic rings. The largest absolute Gasteiger partial charge is 0.348 e. The van der Waals surface area contributed by atoms with Crippen molar-refractivity contribution >= 4 is 17.0 Å². The van der Waals surface area contributed by atoms with E-state index in [0.717, 1.165) is 17.7 Å². The third kappa shape index (κ3) is 4.00. The molecule has 1 N–H and O–H groups in total. The van der Waals surface area contributed by atoms with E-state index in [1.807, 2.05) is 60.2 Å². The van der Waals surface area contributed by atoms with Crippen LogP contribution >= 0.6 is 0 Å². The van der Waals surface area contributed by atoms with Gasteiger partial charge in [0, 0.05) is 31.0 Å². The quantitative estimate of drug-likeness (QED) is 0.438. The first kappa shape index (κ1) is 19.7. The number of amides is 1. The lowest BCUT2D eigenvalue weighted by Gasteiger charge is -2.09. The van der Waals surface area contributed by atoms with E-state index in [4.69, 9.17) is 4.52 Å². The summed E-state index contributed by atoms with van der Waals surface area (Å²) >= 11 is 0. The first-order valence-electron chi connectivity index (χ1n) is 10.3. The van der Waals surface area contributed by atoms with Crippen LogP contribution in [-0.4, -0.2) is 25.6 Å². The summed E-state index contributed by atoms with van der Waals surface area (Å²) in [6.07, 6.45) is 5.49. The van der Waals surface area contributed by atoms with Gasteiger partial charge in [-0.05, 0) is 24.1 Å². The number of nitrogens with zero attached hydrogens (tertiary/aromatic N) is 4. The zero-order valence-corrected chi connectivity index (χ0v) is 17.5. The zero-order valence-electron chi connectivity index (χ0n) is 17.5. The molecule has 1 amide bonds. The van der Waals surface area contributed by atoms with E-state index in [0.29, 0.717) is 34.6 Å². The van der Waals surface area contributed by atoms with Crippen molar-refractivity contribution in [2.24, 2.45) is 0 Å². The maximum Gasteiger partial charge on any atom is 0.259 e. The van der Waals surface area contributed by atoms with Gasteiger partial charge in [0.25, 0.3) is 11.6 Å². The highest BCUT2D eigenvalue weighted by Gasteiger charge is 2.19. The fourth-order valence-electron chi connectivity index (χ4n) is 3.66. The number of rotatable bonds is 6. The van der Waals surface area contributed by atoms with Gasteiger partial charge in [0.2, 0.25) is 0 Å². The van der Waals surface area contributed by atoms with Gasteiger partial charge in [-0.1, -0.05) is 59.8 Å². The van der Waals surface area contributed by atoms with Crippen molar-refractivity contribution in [2.45, 2.75) is 20.0 Å². The summed E-state index contributed by atoms with van der Waals surface area (Å²) in [7, 11) is 0. The van der Waals surface area contributed by atoms with Crippen molar-refractivity contribution in [2.75, 3.05) is 0 Å². The Labute approximate surface area is 184 Å². The van der Waals surface area contributed by atoms with E-state index in [2.05, 4.69) is 32.6 Å². The number of imidazole rings is 1. The highest BCUT2D eigenvalue weighted by Crippen LogP contribution is 2.27. The van der Waals surface area contributed by atoms with Gasteiger partial charge in [-0.25, -0.2) is 9.97 Å². The van der Waals surface area contributed by atoms with Crippen LogP contribution in [0.1, 0.15) is 27.2 Å². The molecule has 0 fully saturated rings. The second kappa shape index (κ2) is 8.47. The molecule has 158 valence electrons. The molecule has 0 spiro atoms. The standard InChI is InChI=1S/C25H21N5O2/c1-17-23-21(13-22(28-25(23)32-29-17)20-5-3-2-4-6-20)24(31)27-14-18-7-9-19(10-8-18)15-30-12-11-26-16-30/h2-13,16H,14-15H2,1H3,(H,27,31). The van der Waals surface area contributed by atoms with Crippen LogP contribution in [-0.2, 0) is 13.1 Å². The molecule has 0 radical (unpaired) electrons. The predicted octanol–water partition coefficient (Wildman–Crippen LogP) is 4.37. The number of carbonyl (C=O) groups excluding carboxylic acids is 1. The van der Waals surface area contributed by atoms with E-state index in [-0.39, 0.29) is 5.91 Å². The van der Waals surface area contributed by atoms with Crippen molar-refractivity contribution in [3.63, 3.8) is 0 Å². The summed E-state index contributed by atoms with van der Waals surface area (Å²) in [5.41, 5.74) is 5.27. The topological polar surface area (TPSA) is 85.8 Å². The molecule has 0 aliphatic rings. The minimum atomic E-state index is -0.191. The van der Waals surface area contributed by atoms with Crippen molar-refractivity contribution in [1.29, 1.82) is 0 Å². The Morgan fingerprint density at radius 2 is 1.84 bits per heavy atom. The van der Waals surface area contributed by atoms with Crippen LogP contribution in [0.4, 0.5) is 0 Å². The van der Waals surface area contributed by atoms with Crippen LogP contribution in [0.25, 0.3) is 22.4 Å². The maximum absolute atomic E-state index is 13.1. The molecule has 3 heterocycles. The minimum absolute atomic E-state index is 0.191. The number of hydrogen-bond acceptors (Lipinski definition) is 5. The Kier molecular flexibility index (Phi) is 5.21. The summed E-state index contributed by atoms with van der Waals surface area (Å²) in [6, 6.07) is 19.7. The second-order valence-corrected chi connectivity index (χ2v) is 7.60. The number of aromatic nitrogens is 4. The van der Waals surface area contributed by atoms with Gasteiger partial charge in [-0.15, -0.1) is 0 Å². The number of carbonyl (C=O) groups is 1. The summed E-state index contributed by atoms with van der Waals surface area (Å²) in [4.78, 5) is 21.7. The first-order valence-corrected chi connectivity index (χ1v) is 10.3. The van der Waals surface area contributed by atoms with Gasteiger partial charge in [0.15, 0.2) is 0 Å². The molecule has 0 aliphatic heterocycles. The molecule has 0 atom stereocenters. The van der Waals surface area contributed by atoms with Crippen LogP contribution in [0.15, 0.2) is 83.9 Å². The lowest BCUT2D eigenvalue weighted by Crippen LogP contribution is -2.23. The average molecular weight is 423 g/mol. The molecule has 7 nitrogen and oxygen atoms in total. The number of benzene rings is 2. The van der Waals surface area contributed by atoms with E-state index >= 15 is 0 Å². The second-order valence-electron chi connectivity index (χ2n) is 7.60. The minimum Gasteiger partial charge on any atom is -0.348 e. The van der Waals surface area contributed by atoms with Crippen LogP contribution in [0.3, 0.4) is 0 Å². The molecule has 0 saturated heterocycles. The molecule has 0 unspecified atom stereocenters. The van der Waals surface area contributed by atoms with Crippen LogP contribution < -0.4 is 5.32 Å². The van der Waals surface area contributed by atoms with Crippen molar-refractivity contribution in [3.8, 4) is 11.3 Å². The van der Waals surface area contributed by atoms with E-state index < -0.39 is 0 Å². The number of aryl methyl sites for hydroxylation is 1. The summed E-state index contributed by atoms with van der Waals surface area (Å²) in [6.45, 7) is 2.99. The van der Waals surface area contributed by atoms with Gasteiger partial charge in [0.1, 0.15) is 0 Å². The highest BCUT2D eigenvalue weighted by atomic mass is 16.5. The smallest absolute Gasteiger partial charge is 0.259 e. The molecular weight excluding hydrogens is 402 g/mol. The zero-order chi connectivity index (χ0) is 21.9. The third-order valence-corrected chi connectivity index (χ3v) is 5.33. The maximum atomic E-state index is 13.1. The van der Waals surface area contributed by atoms with E-state index in [1.54, 1.807) is 18.6 Å². The molecular formula is C25H21N5O2. The van der Waals surface area contributed by atoms with Crippen molar-refractivity contribution in [3.05, 3.63) is 102 Å². The summed E-state index contributed by atoms with van der Waals surface area (Å²) in [5, 5.41) is 7.66. The Morgan fingerprint density at radius 1 is 1.06 bits per heavy atom. The predicted molar refractivity (Wildman–Crippen MR) is 121 cm³/mol. The first-order chi connectivity index (χ1) is 15.7. The molecule has 2 aromatic carbocycles. The lowest BCUT2D eigenvalue weighted by atomic mass is 10.0. The van der Waals surface area contributed by atoms with Crippen LogP contribution in [0, 0.1) is 6.92 Å². The molecule has 7 heteroatoms. The Hall–Kier alpha value is -4.26. The monoisotopic (exact) mass is 423 g/mol. The van der Waals surface area contributed by atoms with Crippen molar-refractivity contribution in [1.82, 2.24) is 25.0 Å². The summed E-state index contributed by atoms with van der Waals surface area (Å²) in [5.74, 6) is -0.191. The van der Waals surface area contributed by atoms with Gasteiger partial charge in [-0.3, -0.25) is 4.79 Å². The third-order valence-electron chi connectivity index (χ3n) is 5.33. The summed E-state index contributed by atoms with van der Waals surface area (Å²) < 4.78 is 7.38. The van der Waals surface area contributed by atoms with Crippen LogP contribution in [0.2, 0.25) is 0 Å². The van der Waals surface area contributed by atoms with Gasteiger partial charge in [-0.2, -0.15) is 0 Å². The molecule has 0 saturated carbocycles. The number of fused-ring (bicyclic) bond motifs is 1.